The van der Waals surface area contributed by atoms with Crippen molar-refractivity contribution in [3.63, 3.8) is 0 Å². The molecule has 0 aliphatic carbocycles. The van der Waals surface area contributed by atoms with Crippen LogP contribution in [0.5, 0.6) is 0 Å². The Morgan fingerprint density at radius 3 is 2.84 bits per heavy atom. The van der Waals surface area contributed by atoms with Crippen LogP contribution in [-0.2, 0) is 20.8 Å². The number of anilines is 1. The molecule has 9 heteroatoms. The SMILES string of the molecule is COC(=O)Cc1nc(NCC(C)(C)ON=O)sc1Cl. The van der Waals surface area contributed by atoms with Crippen molar-refractivity contribution in [3.8, 4) is 0 Å². The summed E-state index contributed by atoms with van der Waals surface area (Å²) < 4.78 is 4.96. The highest BCUT2D eigenvalue weighted by atomic mass is 35.5. The number of nitrogens with one attached hydrogen (secondary N) is 1. The molecule has 0 unspecified atom stereocenters. The highest BCUT2D eigenvalue weighted by Gasteiger charge is 2.21. The molecule has 0 saturated carbocycles. The lowest BCUT2D eigenvalue weighted by Gasteiger charge is -2.19. The maximum Gasteiger partial charge on any atom is 0.311 e. The number of carbonyl (C=O) groups excluding carboxylic acids is 1. The van der Waals surface area contributed by atoms with Crippen molar-refractivity contribution in [2.45, 2.75) is 25.9 Å². The van der Waals surface area contributed by atoms with Crippen LogP contribution >= 0.6 is 22.9 Å². The molecule has 0 aliphatic rings. The Bertz CT molecular complexity index is 464. The van der Waals surface area contributed by atoms with Gasteiger partial charge in [0.1, 0.15) is 4.34 Å². The van der Waals surface area contributed by atoms with Crippen molar-refractivity contribution < 1.29 is 14.4 Å². The van der Waals surface area contributed by atoms with E-state index in [9.17, 15) is 9.70 Å². The summed E-state index contributed by atoms with van der Waals surface area (Å²) in [6, 6.07) is 0. The maximum absolute atomic E-state index is 11.1. The van der Waals surface area contributed by atoms with Crippen molar-refractivity contribution >= 4 is 34.0 Å². The van der Waals surface area contributed by atoms with E-state index >= 15 is 0 Å². The van der Waals surface area contributed by atoms with E-state index in [1.54, 1.807) is 13.8 Å². The zero-order valence-corrected chi connectivity index (χ0v) is 12.3. The topological polar surface area (TPSA) is 89.9 Å². The molecule has 1 aromatic heterocycles. The van der Waals surface area contributed by atoms with Crippen LogP contribution < -0.4 is 5.32 Å². The van der Waals surface area contributed by atoms with E-state index in [4.69, 9.17) is 11.6 Å². The second-order valence-corrected chi connectivity index (χ2v) is 5.87. The lowest BCUT2D eigenvalue weighted by molar-refractivity contribution is -0.139. The van der Waals surface area contributed by atoms with Gasteiger partial charge in [-0.3, -0.25) is 4.79 Å². The van der Waals surface area contributed by atoms with Crippen molar-refractivity contribution in [3.05, 3.63) is 14.9 Å². The van der Waals surface area contributed by atoms with Crippen molar-refractivity contribution in [2.75, 3.05) is 19.0 Å². The first-order valence-electron chi connectivity index (χ1n) is 5.34. The molecule has 106 valence electrons. The molecule has 1 heterocycles. The zero-order chi connectivity index (χ0) is 14.5. The number of methoxy groups -OCH3 is 1. The minimum atomic E-state index is -0.761. The number of esters is 1. The molecule has 1 rings (SSSR count). The number of carbonyl (C=O) groups is 1. The number of halogens is 1. The number of rotatable bonds is 7. The van der Waals surface area contributed by atoms with Crippen molar-refractivity contribution in [1.29, 1.82) is 0 Å². The van der Waals surface area contributed by atoms with Gasteiger partial charge in [0.05, 0.1) is 25.8 Å². The average Bonchev–Trinajstić information content (AvgIpc) is 2.68. The molecule has 0 amide bonds. The summed E-state index contributed by atoms with van der Waals surface area (Å²) in [5, 5.41) is 5.90. The number of aromatic nitrogens is 1. The first-order chi connectivity index (χ1) is 8.88. The molecular formula is C10H14ClN3O4S. The van der Waals surface area contributed by atoms with Crippen molar-refractivity contribution in [1.82, 2.24) is 4.98 Å². The first-order valence-corrected chi connectivity index (χ1v) is 6.54. The second kappa shape index (κ2) is 6.67. The van der Waals surface area contributed by atoms with E-state index in [-0.39, 0.29) is 6.42 Å². The minimum absolute atomic E-state index is 0.0172. The molecule has 0 spiro atoms. The summed E-state index contributed by atoms with van der Waals surface area (Å²) in [6.45, 7) is 3.72. The third kappa shape index (κ3) is 4.99. The Morgan fingerprint density at radius 1 is 1.58 bits per heavy atom. The van der Waals surface area contributed by atoms with Gasteiger partial charge in [0.15, 0.2) is 16.1 Å². The van der Waals surface area contributed by atoms with Gasteiger partial charge in [0, 0.05) is 0 Å². The van der Waals surface area contributed by atoms with Gasteiger partial charge in [-0.05, 0) is 13.8 Å². The lowest BCUT2D eigenvalue weighted by atomic mass is 10.1. The van der Waals surface area contributed by atoms with E-state index in [0.717, 1.165) is 0 Å². The van der Waals surface area contributed by atoms with Crippen LogP contribution in [0.4, 0.5) is 5.13 Å². The summed E-state index contributed by atoms with van der Waals surface area (Å²) in [7, 11) is 1.30. The van der Waals surface area contributed by atoms with E-state index in [0.29, 0.717) is 21.7 Å². The third-order valence-electron chi connectivity index (χ3n) is 2.14. The first kappa shape index (κ1) is 15.6. The number of thiazole rings is 1. The monoisotopic (exact) mass is 307 g/mol. The fourth-order valence-electron chi connectivity index (χ4n) is 1.15. The normalized spacial score (nSPS) is 10.9. The predicted octanol–water partition coefficient (Wildman–Crippen LogP) is 2.40. The minimum Gasteiger partial charge on any atom is -0.469 e. The van der Waals surface area contributed by atoms with Crippen LogP contribution in [0.15, 0.2) is 5.34 Å². The molecule has 0 fully saturated rings. The fraction of sp³-hybridized carbons (Fsp3) is 0.600. The Morgan fingerprint density at radius 2 is 2.26 bits per heavy atom. The van der Waals surface area contributed by atoms with Gasteiger partial charge in [-0.2, -0.15) is 0 Å². The highest BCUT2D eigenvalue weighted by Crippen LogP contribution is 2.29. The van der Waals surface area contributed by atoms with E-state index in [1.807, 2.05) is 0 Å². The number of ether oxygens (including phenoxy) is 1. The van der Waals surface area contributed by atoms with Crippen LogP contribution in [0.2, 0.25) is 4.34 Å². The summed E-state index contributed by atoms with van der Waals surface area (Å²) in [4.78, 5) is 30.0. The quantitative estimate of drug-likeness (QED) is 0.472. The molecule has 19 heavy (non-hydrogen) atoms. The Labute approximate surface area is 119 Å². The molecule has 0 aliphatic heterocycles. The molecule has 0 radical (unpaired) electrons. The summed E-state index contributed by atoms with van der Waals surface area (Å²) in [6.07, 6.45) is 0.0172. The zero-order valence-electron chi connectivity index (χ0n) is 10.7. The predicted molar refractivity (Wildman–Crippen MR) is 72.3 cm³/mol. The lowest BCUT2D eigenvalue weighted by Crippen LogP contribution is -2.31. The molecular weight excluding hydrogens is 294 g/mol. The number of hydrogen-bond donors (Lipinski definition) is 1. The van der Waals surface area contributed by atoms with Crippen molar-refractivity contribution in [2.24, 2.45) is 5.34 Å². The van der Waals surface area contributed by atoms with E-state index in [2.05, 4.69) is 25.2 Å². The van der Waals surface area contributed by atoms with Crippen LogP contribution in [0.1, 0.15) is 19.5 Å². The molecule has 7 nitrogen and oxygen atoms in total. The Hall–Kier alpha value is -1.41. The molecule has 0 atom stereocenters. The van der Waals surface area contributed by atoms with E-state index in [1.165, 1.54) is 18.4 Å². The maximum atomic E-state index is 11.1. The molecule has 0 saturated heterocycles. The smallest absolute Gasteiger partial charge is 0.311 e. The molecule has 0 aromatic carbocycles. The van der Waals surface area contributed by atoms with Gasteiger partial charge in [-0.15, -0.1) is 4.91 Å². The van der Waals surface area contributed by atoms with Gasteiger partial charge in [0.2, 0.25) is 0 Å². The van der Waals surface area contributed by atoms with Crippen LogP contribution in [0.25, 0.3) is 0 Å². The standard InChI is InChI=1S/C10H14ClN3O4S/c1-10(2,18-14-16)5-12-9-13-6(8(11)19-9)4-7(15)17-3/h4-5H2,1-3H3,(H,12,13). The van der Waals surface area contributed by atoms with Gasteiger partial charge in [-0.25, -0.2) is 4.98 Å². The number of hydrogen-bond acceptors (Lipinski definition) is 8. The Kier molecular flexibility index (Phi) is 5.49. The largest absolute Gasteiger partial charge is 0.469 e. The van der Waals surface area contributed by atoms with Gasteiger partial charge in [0.25, 0.3) is 0 Å². The fourth-order valence-corrected chi connectivity index (χ4v) is 2.18. The molecule has 1 aromatic rings. The van der Waals surface area contributed by atoms with Gasteiger partial charge >= 0.3 is 5.97 Å². The second-order valence-electron chi connectivity index (χ2n) is 4.27. The highest BCUT2D eigenvalue weighted by molar-refractivity contribution is 7.19. The molecule has 0 bridgehead atoms. The summed E-state index contributed by atoms with van der Waals surface area (Å²) in [5.74, 6) is -0.410. The van der Waals surface area contributed by atoms with E-state index < -0.39 is 11.6 Å². The third-order valence-corrected chi connectivity index (χ3v) is 3.43. The number of nitrogens with zero attached hydrogens (tertiary/aromatic N) is 2. The van der Waals surface area contributed by atoms with Gasteiger partial charge < -0.3 is 14.9 Å². The summed E-state index contributed by atoms with van der Waals surface area (Å²) in [5.41, 5.74) is -0.309. The summed E-state index contributed by atoms with van der Waals surface area (Å²) >= 11 is 7.16. The Balaban J connectivity index is 2.63. The van der Waals surface area contributed by atoms with Crippen LogP contribution in [0.3, 0.4) is 0 Å². The van der Waals surface area contributed by atoms with Crippen LogP contribution in [-0.4, -0.2) is 30.2 Å². The molecule has 1 N–H and O–H groups in total. The average molecular weight is 308 g/mol. The van der Waals surface area contributed by atoms with Gasteiger partial charge in [-0.1, -0.05) is 22.9 Å². The van der Waals surface area contributed by atoms with Crippen LogP contribution in [0, 0.1) is 4.91 Å².